The fourth-order valence-corrected chi connectivity index (χ4v) is 3.72. The SMILES string of the molecule is CCOc1ccc(C(=O)[C@H](C)Sc2nnc3c(Cl)cc(Cl)cn23)cc1. The summed E-state index contributed by atoms with van der Waals surface area (Å²) in [6.07, 6.45) is 1.68. The molecule has 0 saturated carbocycles. The predicted molar refractivity (Wildman–Crippen MR) is 100 cm³/mol. The minimum atomic E-state index is -0.344. The molecule has 0 N–H and O–H groups in total. The average molecular weight is 396 g/mol. The zero-order valence-electron chi connectivity index (χ0n) is 13.6. The van der Waals surface area contributed by atoms with E-state index in [9.17, 15) is 4.79 Å². The van der Waals surface area contributed by atoms with Gasteiger partial charge < -0.3 is 4.74 Å². The number of fused-ring (bicyclic) bond motifs is 1. The number of Topliss-reactive ketones (excluding diaryl/α,β-unsaturated/α-hetero) is 1. The van der Waals surface area contributed by atoms with Crippen molar-refractivity contribution in [1.82, 2.24) is 14.6 Å². The third kappa shape index (κ3) is 3.92. The lowest BCUT2D eigenvalue weighted by Gasteiger charge is -2.10. The Morgan fingerprint density at radius 1 is 1.28 bits per heavy atom. The molecule has 0 aliphatic rings. The lowest BCUT2D eigenvalue weighted by atomic mass is 10.1. The van der Waals surface area contributed by atoms with Gasteiger partial charge in [0.1, 0.15) is 5.75 Å². The van der Waals surface area contributed by atoms with E-state index in [1.54, 1.807) is 40.9 Å². The first-order valence-electron chi connectivity index (χ1n) is 7.63. The molecule has 2 heterocycles. The van der Waals surface area contributed by atoms with E-state index in [2.05, 4.69) is 10.2 Å². The normalized spacial score (nSPS) is 12.3. The van der Waals surface area contributed by atoms with Gasteiger partial charge in [0.2, 0.25) is 0 Å². The van der Waals surface area contributed by atoms with Crippen molar-refractivity contribution in [1.29, 1.82) is 0 Å². The van der Waals surface area contributed by atoms with Crippen molar-refractivity contribution < 1.29 is 9.53 Å². The van der Waals surface area contributed by atoms with Crippen LogP contribution in [0.3, 0.4) is 0 Å². The van der Waals surface area contributed by atoms with Crippen LogP contribution in [0.25, 0.3) is 5.65 Å². The number of ketones is 1. The van der Waals surface area contributed by atoms with Gasteiger partial charge in [0.15, 0.2) is 16.6 Å². The summed E-state index contributed by atoms with van der Waals surface area (Å²) in [5.74, 6) is 0.741. The van der Waals surface area contributed by atoms with Gasteiger partial charge in [-0.2, -0.15) is 0 Å². The Kier molecular flexibility index (Phi) is 5.51. The molecule has 0 aliphatic heterocycles. The standard InChI is InChI=1S/C17H15Cl2N3O2S/c1-3-24-13-6-4-11(5-7-13)15(23)10(2)25-17-21-20-16-14(19)8-12(18)9-22(16)17/h4-10H,3H2,1-2H3/t10-/m0/s1. The van der Waals surface area contributed by atoms with Crippen molar-refractivity contribution in [3.63, 3.8) is 0 Å². The summed E-state index contributed by atoms with van der Waals surface area (Å²) in [5, 5.41) is 9.27. The molecule has 8 heteroatoms. The van der Waals surface area contributed by atoms with Gasteiger partial charge in [-0.25, -0.2) is 0 Å². The van der Waals surface area contributed by atoms with Crippen LogP contribution in [0.5, 0.6) is 5.75 Å². The second kappa shape index (κ2) is 7.64. The number of ether oxygens (including phenoxy) is 1. The number of thioether (sulfide) groups is 1. The molecule has 3 aromatic rings. The van der Waals surface area contributed by atoms with Crippen molar-refractivity contribution in [2.24, 2.45) is 0 Å². The quantitative estimate of drug-likeness (QED) is 0.443. The van der Waals surface area contributed by atoms with E-state index in [1.807, 2.05) is 13.8 Å². The van der Waals surface area contributed by atoms with Crippen molar-refractivity contribution >= 4 is 46.4 Å². The Labute approximate surface area is 159 Å². The highest BCUT2D eigenvalue weighted by Crippen LogP contribution is 2.29. The molecule has 0 fully saturated rings. The number of aromatic nitrogens is 3. The lowest BCUT2D eigenvalue weighted by molar-refractivity contribution is 0.0994. The third-order valence-electron chi connectivity index (χ3n) is 3.50. The number of hydrogen-bond donors (Lipinski definition) is 0. The number of benzene rings is 1. The highest BCUT2D eigenvalue weighted by Gasteiger charge is 2.20. The zero-order chi connectivity index (χ0) is 18.0. The van der Waals surface area contributed by atoms with Gasteiger partial charge in [-0.05, 0) is 44.2 Å². The maximum absolute atomic E-state index is 12.6. The molecule has 0 unspecified atom stereocenters. The summed E-state index contributed by atoms with van der Waals surface area (Å²) in [6.45, 7) is 4.33. The van der Waals surface area contributed by atoms with Gasteiger partial charge in [0.25, 0.3) is 0 Å². The minimum Gasteiger partial charge on any atom is -0.494 e. The van der Waals surface area contributed by atoms with Gasteiger partial charge in [-0.1, -0.05) is 35.0 Å². The summed E-state index contributed by atoms with van der Waals surface area (Å²) < 4.78 is 7.09. The highest BCUT2D eigenvalue weighted by molar-refractivity contribution is 8.00. The third-order valence-corrected chi connectivity index (χ3v) is 5.04. The van der Waals surface area contributed by atoms with Crippen LogP contribution in [-0.2, 0) is 0 Å². The Hall–Kier alpha value is -1.76. The van der Waals surface area contributed by atoms with E-state index in [0.29, 0.717) is 33.0 Å². The van der Waals surface area contributed by atoms with Gasteiger partial charge in [-0.15, -0.1) is 10.2 Å². The second-order valence-electron chi connectivity index (χ2n) is 5.26. The van der Waals surface area contributed by atoms with E-state index in [1.165, 1.54) is 11.8 Å². The number of pyridine rings is 1. The fourth-order valence-electron chi connectivity index (χ4n) is 2.31. The van der Waals surface area contributed by atoms with Crippen LogP contribution in [0.1, 0.15) is 24.2 Å². The summed E-state index contributed by atoms with van der Waals surface area (Å²) in [6, 6.07) is 8.72. The van der Waals surface area contributed by atoms with Crippen molar-refractivity contribution in [2.45, 2.75) is 24.3 Å². The number of halogens is 2. The molecule has 1 aromatic carbocycles. The molecule has 0 spiro atoms. The number of rotatable bonds is 6. The molecular weight excluding hydrogens is 381 g/mol. The fraction of sp³-hybridized carbons (Fsp3) is 0.235. The average Bonchev–Trinajstić information content (AvgIpc) is 2.98. The molecule has 3 rings (SSSR count). The monoisotopic (exact) mass is 395 g/mol. The molecule has 0 amide bonds. The first kappa shape index (κ1) is 18.0. The molecule has 0 aliphatic carbocycles. The van der Waals surface area contributed by atoms with Gasteiger partial charge >= 0.3 is 0 Å². The number of hydrogen-bond acceptors (Lipinski definition) is 5. The van der Waals surface area contributed by atoms with E-state index < -0.39 is 0 Å². The van der Waals surface area contributed by atoms with Gasteiger partial charge in [0, 0.05) is 11.8 Å². The molecule has 0 bridgehead atoms. The second-order valence-corrected chi connectivity index (χ2v) is 7.42. The number of nitrogens with zero attached hydrogens (tertiary/aromatic N) is 3. The summed E-state index contributed by atoms with van der Waals surface area (Å²) >= 11 is 13.5. The summed E-state index contributed by atoms with van der Waals surface area (Å²) in [4.78, 5) is 12.6. The van der Waals surface area contributed by atoms with E-state index in [4.69, 9.17) is 27.9 Å². The molecule has 0 saturated heterocycles. The Balaban J connectivity index is 1.79. The van der Waals surface area contributed by atoms with E-state index in [0.717, 1.165) is 5.75 Å². The lowest BCUT2D eigenvalue weighted by Crippen LogP contribution is -2.14. The van der Waals surface area contributed by atoms with Crippen LogP contribution in [-0.4, -0.2) is 32.2 Å². The molecule has 130 valence electrons. The Bertz CT molecular complexity index is 912. The maximum Gasteiger partial charge on any atom is 0.196 e. The molecule has 5 nitrogen and oxygen atoms in total. The number of carbonyl (C=O) groups is 1. The topological polar surface area (TPSA) is 56.5 Å². The maximum atomic E-state index is 12.6. The molecular formula is C17H15Cl2N3O2S. The highest BCUT2D eigenvalue weighted by atomic mass is 35.5. The van der Waals surface area contributed by atoms with Crippen LogP contribution in [0.2, 0.25) is 10.0 Å². The van der Waals surface area contributed by atoms with Crippen LogP contribution >= 0.6 is 35.0 Å². The van der Waals surface area contributed by atoms with Crippen LogP contribution in [0.4, 0.5) is 0 Å². The predicted octanol–water partition coefficient (Wildman–Crippen LogP) is 4.80. The smallest absolute Gasteiger partial charge is 0.196 e. The molecule has 25 heavy (non-hydrogen) atoms. The van der Waals surface area contributed by atoms with E-state index in [-0.39, 0.29) is 11.0 Å². The summed E-state index contributed by atoms with van der Waals surface area (Å²) in [5.41, 5.74) is 1.13. The number of carbonyl (C=O) groups excluding carboxylic acids is 1. The first-order chi connectivity index (χ1) is 12.0. The Morgan fingerprint density at radius 3 is 2.68 bits per heavy atom. The van der Waals surface area contributed by atoms with Crippen LogP contribution in [0, 0.1) is 0 Å². The Morgan fingerprint density at radius 2 is 2.00 bits per heavy atom. The van der Waals surface area contributed by atoms with Crippen molar-refractivity contribution in [2.75, 3.05) is 6.61 Å². The molecule has 0 radical (unpaired) electrons. The van der Waals surface area contributed by atoms with Crippen LogP contribution in [0.15, 0.2) is 41.7 Å². The van der Waals surface area contributed by atoms with Gasteiger partial charge in [0.05, 0.1) is 21.9 Å². The van der Waals surface area contributed by atoms with Crippen molar-refractivity contribution in [3.8, 4) is 5.75 Å². The first-order valence-corrected chi connectivity index (χ1v) is 9.26. The van der Waals surface area contributed by atoms with Crippen molar-refractivity contribution in [3.05, 3.63) is 52.1 Å². The summed E-state index contributed by atoms with van der Waals surface area (Å²) in [7, 11) is 0. The zero-order valence-corrected chi connectivity index (χ0v) is 15.9. The molecule has 1 atom stereocenters. The van der Waals surface area contributed by atoms with Crippen LogP contribution < -0.4 is 4.74 Å². The van der Waals surface area contributed by atoms with Gasteiger partial charge in [-0.3, -0.25) is 9.20 Å². The largest absolute Gasteiger partial charge is 0.494 e. The molecule has 2 aromatic heterocycles. The van der Waals surface area contributed by atoms with E-state index >= 15 is 0 Å². The minimum absolute atomic E-state index is 0.00192.